The molecule has 0 aliphatic carbocycles. The molecule has 0 aliphatic heterocycles. The smallest absolute Gasteiger partial charge is 0.148 e. The van der Waals surface area contributed by atoms with E-state index in [1.54, 1.807) is 18.2 Å². The van der Waals surface area contributed by atoms with Crippen molar-refractivity contribution in [2.24, 2.45) is 0 Å². The fourth-order valence-electron chi connectivity index (χ4n) is 1.53. The van der Waals surface area contributed by atoms with Gasteiger partial charge < -0.3 is 22.3 Å². The van der Waals surface area contributed by atoms with Crippen molar-refractivity contribution in [2.75, 3.05) is 17.2 Å². The van der Waals surface area contributed by atoms with Gasteiger partial charge in [-0.1, -0.05) is 12.1 Å². The first-order valence-corrected chi connectivity index (χ1v) is 4.16. The number of phenols is 1. The number of hydrogen-bond acceptors (Lipinski definition) is 4. The molecule has 2 rings (SSSR count). The molecule has 2 aromatic carbocycles. The lowest BCUT2D eigenvalue weighted by Gasteiger charge is -2.09. The van der Waals surface area contributed by atoms with Crippen LogP contribution in [-0.2, 0) is 0 Å². The Balaban J connectivity index is 3.03. The lowest BCUT2D eigenvalue weighted by molar-refractivity contribution is 0.484. The zero-order chi connectivity index (χ0) is 10.3. The molecule has 0 saturated carbocycles. The normalized spacial score (nSPS) is 10.6. The van der Waals surface area contributed by atoms with E-state index in [9.17, 15) is 5.11 Å². The highest BCUT2D eigenvalue weighted by atomic mass is 16.3. The predicted molar refractivity (Wildman–Crippen MR) is 58.9 cm³/mol. The summed E-state index contributed by atoms with van der Waals surface area (Å²) in [5, 5.41) is 10.9. The van der Waals surface area contributed by atoms with Crippen LogP contribution in [0, 0.1) is 0 Å². The maximum atomic E-state index is 9.70. The second-order valence-corrected chi connectivity index (χ2v) is 3.17. The van der Waals surface area contributed by atoms with Crippen LogP contribution in [0.2, 0.25) is 0 Å². The Hall–Kier alpha value is -2.10. The molecule has 0 amide bonds. The number of nitrogen functional groups attached to an aromatic ring is 3. The number of benzene rings is 2. The summed E-state index contributed by atoms with van der Waals surface area (Å²) in [6, 6.07) is 6.79. The highest BCUT2D eigenvalue weighted by Crippen LogP contribution is 2.37. The Morgan fingerprint density at radius 1 is 0.929 bits per heavy atom. The van der Waals surface area contributed by atoms with Crippen molar-refractivity contribution in [3.05, 3.63) is 24.3 Å². The van der Waals surface area contributed by atoms with E-state index >= 15 is 0 Å². The van der Waals surface area contributed by atoms with Crippen molar-refractivity contribution in [1.29, 1.82) is 0 Å². The predicted octanol–water partition coefficient (Wildman–Crippen LogP) is 1.29. The van der Waals surface area contributed by atoms with E-state index in [-0.39, 0.29) is 11.4 Å². The molecule has 0 unspecified atom stereocenters. The highest BCUT2D eigenvalue weighted by Gasteiger charge is 2.09. The van der Waals surface area contributed by atoms with E-state index in [1.165, 1.54) is 6.07 Å². The molecule has 4 heteroatoms. The third-order valence-corrected chi connectivity index (χ3v) is 2.23. The van der Waals surface area contributed by atoms with Crippen molar-refractivity contribution in [3.8, 4) is 5.75 Å². The summed E-state index contributed by atoms with van der Waals surface area (Å²) in [5.74, 6) is -0.00713. The minimum atomic E-state index is -0.00713. The van der Waals surface area contributed by atoms with Crippen LogP contribution < -0.4 is 17.2 Å². The van der Waals surface area contributed by atoms with Gasteiger partial charge in [0.15, 0.2) is 0 Å². The van der Waals surface area contributed by atoms with Gasteiger partial charge in [-0.05, 0) is 12.1 Å². The standard InChI is InChI=1S/C10H11N3O/c11-6-3-1-2-5-7(12)4-8(13)10(14)9(5)6/h1-4,14H,11-13H2. The molecule has 0 aliphatic rings. The maximum Gasteiger partial charge on any atom is 0.148 e. The zero-order valence-corrected chi connectivity index (χ0v) is 7.49. The zero-order valence-electron chi connectivity index (χ0n) is 7.49. The summed E-state index contributed by atoms with van der Waals surface area (Å²) in [5.41, 5.74) is 18.3. The van der Waals surface area contributed by atoms with Gasteiger partial charge in [-0.2, -0.15) is 0 Å². The molecule has 0 saturated heterocycles. The summed E-state index contributed by atoms with van der Waals surface area (Å²) in [6.45, 7) is 0. The van der Waals surface area contributed by atoms with Crippen LogP contribution in [0.25, 0.3) is 10.8 Å². The molecule has 0 spiro atoms. The number of rotatable bonds is 0. The van der Waals surface area contributed by atoms with Crippen molar-refractivity contribution >= 4 is 27.8 Å². The molecule has 0 radical (unpaired) electrons. The second kappa shape index (κ2) is 2.70. The van der Waals surface area contributed by atoms with Gasteiger partial charge in [0.05, 0.1) is 11.1 Å². The Labute approximate surface area is 80.9 Å². The average Bonchev–Trinajstić information content (AvgIpc) is 2.14. The third-order valence-electron chi connectivity index (χ3n) is 2.23. The SMILES string of the molecule is Nc1cc(N)c2cccc(N)c2c1O. The highest BCUT2D eigenvalue weighted by molar-refractivity contribution is 6.06. The minimum Gasteiger partial charge on any atom is -0.505 e. The molecule has 14 heavy (non-hydrogen) atoms. The average molecular weight is 189 g/mol. The first-order chi connectivity index (χ1) is 6.61. The number of hydrogen-bond donors (Lipinski definition) is 4. The first-order valence-electron chi connectivity index (χ1n) is 4.16. The van der Waals surface area contributed by atoms with Gasteiger partial charge in [0.1, 0.15) is 5.75 Å². The summed E-state index contributed by atoms with van der Waals surface area (Å²) in [6.07, 6.45) is 0. The summed E-state index contributed by atoms with van der Waals surface area (Å²) < 4.78 is 0. The lowest BCUT2D eigenvalue weighted by Crippen LogP contribution is -1.95. The van der Waals surface area contributed by atoms with Crippen LogP contribution in [0.1, 0.15) is 0 Å². The molecule has 0 heterocycles. The molecule has 0 bridgehead atoms. The molecule has 2 aromatic rings. The first kappa shape index (κ1) is 8.50. The van der Waals surface area contributed by atoms with Gasteiger partial charge in [-0.15, -0.1) is 0 Å². The van der Waals surface area contributed by atoms with E-state index < -0.39 is 0 Å². The second-order valence-electron chi connectivity index (χ2n) is 3.17. The van der Waals surface area contributed by atoms with Crippen LogP contribution in [0.15, 0.2) is 24.3 Å². The van der Waals surface area contributed by atoms with E-state index in [0.29, 0.717) is 16.8 Å². The van der Waals surface area contributed by atoms with Crippen molar-refractivity contribution in [3.63, 3.8) is 0 Å². The van der Waals surface area contributed by atoms with Gasteiger partial charge in [-0.25, -0.2) is 0 Å². The van der Waals surface area contributed by atoms with Gasteiger partial charge >= 0.3 is 0 Å². The molecular weight excluding hydrogens is 178 g/mol. The Bertz CT molecular complexity index is 508. The molecule has 0 fully saturated rings. The molecular formula is C10H11N3O. The van der Waals surface area contributed by atoms with Gasteiger partial charge in [-0.3, -0.25) is 0 Å². The van der Waals surface area contributed by atoms with Gasteiger partial charge in [0, 0.05) is 16.8 Å². The lowest BCUT2D eigenvalue weighted by atomic mass is 10.1. The van der Waals surface area contributed by atoms with Crippen molar-refractivity contribution < 1.29 is 5.11 Å². The van der Waals surface area contributed by atoms with E-state index in [1.807, 2.05) is 0 Å². The van der Waals surface area contributed by atoms with Crippen LogP contribution in [0.3, 0.4) is 0 Å². The van der Waals surface area contributed by atoms with E-state index in [0.717, 1.165) is 5.39 Å². The van der Waals surface area contributed by atoms with Crippen LogP contribution in [0.5, 0.6) is 5.75 Å². The summed E-state index contributed by atoms with van der Waals surface area (Å²) in [7, 11) is 0. The number of phenolic OH excluding ortho intramolecular Hbond substituents is 1. The molecule has 0 aromatic heterocycles. The number of anilines is 3. The Kier molecular flexibility index (Phi) is 1.64. The number of aromatic hydroxyl groups is 1. The van der Waals surface area contributed by atoms with Crippen LogP contribution >= 0.6 is 0 Å². The van der Waals surface area contributed by atoms with Crippen LogP contribution in [-0.4, -0.2) is 5.11 Å². The van der Waals surface area contributed by atoms with E-state index in [2.05, 4.69) is 0 Å². The molecule has 0 atom stereocenters. The Morgan fingerprint density at radius 3 is 2.36 bits per heavy atom. The third kappa shape index (κ3) is 1.01. The molecule has 4 nitrogen and oxygen atoms in total. The minimum absolute atomic E-state index is 0.00713. The monoisotopic (exact) mass is 189 g/mol. The van der Waals surface area contributed by atoms with Crippen molar-refractivity contribution in [2.45, 2.75) is 0 Å². The summed E-state index contributed by atoms with van der Waals surface area (Å²) >= 11 is 0. The number of nitrogens with two attached hydrogens (primary N) is 3. The molecule has 7 N–H and O–H groups in total. The largest absolute Gasteiger partial charge is 0.505 e. The fourth-order valence-corrected chi connectivity index (χ4v) is 1.53. The maximum absolute atomic E-state index is 9.70. The summed E-state index contributed by atoms with van der Waals surface area (Å²) in [4.78, 5) is 0. The van der Waals surface area contributed by atoms with Gasteiger partial charge in [0.25, 0.3) is 0 Å². The Morgan fingerprint density at radius 2 is 1.64 bits per heavy atom. The van der Waals surface area contributed by atoms with Crippen molar-refractivity contribution in [1.82, 2.24) is 0 Å². The van der Waals surface area contributed by atoms with Crippen LogP contribution in [0.4, 0.5) is 17.1 Å². The molecule has 72 valence electrons. The topological polar surface area (TPSA) is 98.3 Å². The quantitative estimate of drug-likeness (QED) is 0.285. The van der Waals surface area contributed by atoms with E-state index in [4.69, 9.17) is 17.2 Å². The number of fused-ring (bicyclic) bond motifs is 1. The fraction of sp³-hybridized carbons (Fsp3) is 0. The van der Waals surface area contributed by atoms with Gasteiger partial charge in [0.2, 0.25) is 0 Å².